The van der Waals surface area contributed by atoms with Gasteiger partial charge >= 0.3 is 21.7 Å². The van der Waals surface area contributed by atoms with E-state index in [1.165, 1.54) is 44.5 Å². The molecule has 0 spiro atoms. The Bertz CT molecular complexity index is 1260. The van der Waals surface area contributed by atoms with Gasteiger partial charge in [0.2, 0.25) is 0 Å². The van der Waals surface area contributed by atoms with E-state index in [-0.39, 0.29) is 21.7 Å². The number of aliphatic hydroxyl groups excluding tert-OH is 2. The van der Waals surface area contributed by atoms with Crippen LogP contribution in [0.1, 0.15) is 22.3 Å². The zero-order valence-electron chi connectivity index (χ0n) is 23.2. The molecule has 0 heterocycles. The monoisotopic (exact) mass is 562 g/mol. The van der Waals surface area contributed by atoms with Crippen molar-refractivity contribution in [2.75, 3.05) is 42.7 Å². The molecule has 0 saturated heterocycles. The number of fused-ring (bicyclic) bond motifs is 6. The van der Waals surface area contributed by atoms with Crippen LogP contribution in [0.15, 0.2) is 60.7 Å². The van der Waals surface area contributed by atoms with Crippen LogP contribution in [0, 0.1) is 12.1 Å². The van der Waals surface area contributed by atoms with Crippen LogP contribution in [-0.4, -0.2) is 52.9 Å². The summed E-state index contributed by atoms with van der Waals surface area (Å²) in [6.45, 7) is 0. The van der Waals surface area contributed by atoms with Crippen molar-refractivity contribution in [2.24, 2.45) is 0 Å². The first-order valence-corrected chi connectivity index (χ1v) is 12.1. The second-order valence-electron chi connectivity index (χ2n) is 8.19. The normalized spacial score (nSPS) is 10.7. The fourth-order valence-electron chi connectivity index (χ4n) is 4.72. The largest absolute Gasteiger partial charge is 2.00 e. The molecule has 0 unspecified atom stereocenters. The maximum absolute atomic E-state index is 7.00. The summed E-state index contributed by atoms with van der Waals surface area (Å²) in [5.41, 5.74) is 10.0. The van der Waals surface area contributed by atoms with Gasteiger partial charge in [0.05, 0.1) is 28.4 Å². The molecule has 0 aromatic heterocycles. The summed E-state index contributed by atoms with van der Waals surface area (Å²) in [7, 11) is 8.59. The van der Waals surface area contributed by atoms with Gasteiger partial charge < -0.3 is 29.2 Å². The van der Waals surface area contributed by atoms with Gasteiger partial charge in [-0.05, 0) is 12.8 Å². The van der Waals surface area contributed by atoms with Gasteiger partial charge in [-0.2, -0.15) is 0 Å². The van der Waals surface area contributed by atoms with Gasteiger partial charge in [0, 0.05) is 37.2 Å². The van der Waals surface area contributed by atoms with Crippen LogP contribution in [0.5, 0.6) is 23.0 Å². The number of hydrogen-bond acceptors (Lipinski definition) is 6. The van der Waals surface area contributed by atoms with E-state index in [9.17, 15) is 0 Å². The van der Waals surface area contributed by atoms with Gasteiger partial charge in [-0.3, -0.25) is 0 Å². The molecule has 0 bridgehead atoms. The number of ether oxygens (including phenoxy) is 4. The Labute approximate surface area is 246 Å². The molecule has 0 radical (unpaired) electrons. The second kappa shape index (κ2) is 15.3. The van der Waals surface area contributed by atoms with Crippen molar-refractivity contribution in [3.8, 4) is 45.3 Å². The summed E-state index contributed by atoms with van der Waals surface area (Å²) >= 11 is 0. The van der Waals surface area contributed by atoms with E-state index in [4.69, 9.17) is 29.2 Å². The molecule has 7 heteroatoms. The third-order valence-electron chi connectivity index (χ3n) is 6.38. The van der Waals surface area contributed by atoms with Crippen LogP contribution in [0.2, 0.25) is 0 Å². The maximum atomic E-state index is 7.00. The maximum Gasteiger partial charge on any atom is 2.00 e. The smallest absolute Gasteiger partial charge is 0.551 e. The molecule has 0 aliphatic heterocycles. The predicted molar refractivity (Wildman–Crippen MR) is 150 cm³/mol. The molecule has 6 nitrogen and oxygen atoms in total. The average Bonchev–Trinajstić information content (AvgIpc) is 3.55. The van der Waals surface area contributed by atoms with E-state index < -0.39 is 0 Å². The topological polar surface area (TPSA) is 77.4 Å². The first kappa shape index (κ1) is 31.9. The number of benzene rings is 4. The molecule has 0 amide bonds. The Morgan fingerprint density at radius 2 is 0.897 bits per heavy atom. The van der Waals surface area contributed by atoms with Crippen LogP contribution in [-0.2, 0) is 34.6 Å². The fraction of sp³-hybridized carbons (Fsp3) is 0.250. The third kappa shape index (κ3) is 6.66. The summed E-state index contributed by atoms with van der Waals surface area (Å²) < 4.78 is 21.2. The first-order chi connectivity index (χ1) is 18.7. The Balaban J connectivity index is 0.000000238. The van der Waals surface area contributed by atoms with Crippen molar-refractivity contribution in [1.29, 1.82) is 0 Å². The van der Waals surface area contributed by atoms with Crippen LogP contribution >= 0.6 is 0 Å². The SMILES string of the molecule is CO.CO.COc1[c-]c2c(cc1OC)-c1ccccc1C2.COc1[c-]c2c(cc1OC)-c1ccccc1C2.[Ti+2]. The van der Waals surface area contributed by atoms with Crippen LogP contribution in [0.25, 0.3) is 22.3 Å². The number of rotatable bonds is 4. The zero-order chi connectivity index (χ0) is 27.7. The zero-order valence-corrected chi connectivity index (χ0v) is 24.8. The second-order valence-corrected chi connectivity index (χ2v) is 8.19. The summed E-state index contributed by atoms with van der Waals surface area (Å²) in [6, 6.07) is 27.5. The van der Waals surface area contributed by atoms with Gasteiger partial charge in [-0.1, -0.05) is 70.8 Å². The Morgan fingerprint density at radius 1 is 0.538 bits per heavy atom. The van der Waals surface area contributed by atoms with E-state index in [1.807, 2.05) is 12.1 Å². The molecular weight excluding hydrogens is 528 g/mol. The molecule has 202 valence electrons. The molecule has 0 saturated carbocycles. The number of hydrogen-bond donors (Lipinski definition) is 2. The van der Waals surface area contributed by atoms with Crippen molar-refractivity contribution in [2.45, 2.75) is 12.8 Å². The van der Waals surface area contributed by atoms with E-state index in [0.29, 0.717) is 11.5 Å². The molecular formula is C32H34O6Ti. The predicted octanol–water partition coefficient (Wildman–Crippen LogP) is 5.36. The minimum absolute atomic E-state index is 0. The van der Waals surface area contributed by atoms with Crippen LogP contribution in [0.3, 0.4) is 0 Å². The van der Waals surface area contributed by atoms with Crippen molar-refractivity contribution >= 4 is 0 Å². The Hall–Kier alpha value is -3.29. The Kier molecular flexibility index (Phi) is 12.6. The van der Waals surface area contributed by atoms with Crippen LogP contribution in [0.4, 0.5) is 0 Å². The van der Waals surface area contributed by atoms with E-state index in [2.05, 4.69) is 60.7 Å². The molecule has 4 aromatic rings. The van der Waals surface area contributed by atoms with Gasteiger partial charge in [0.15, 0.2) is 0 Å². The molecule has 2 aliphatic carbocycles. The molecule has 2 aliphatic rings. The van der Waals surface area contributed by atoms with Crippen molar-refractivity contribution in [3.05, 3.63) is 95.1 Å². The molecule has 6 rings (SSSR count). The first-order valence-electron chi connectivity index (χ1n) is 12.1. The van der Waals surface area contributed by atoms with Crippen molar-refractivity contribution in [1.82, 2.24) is 0 Å². The van der Waals surface area contributed by atoms with Gasteiger partial charge in [0.1, 0.15) is 0 Å². The Morgan fingerprint density at radius 3 is 1.23 bits per heavy atom. The van der Waals surface area contributed by atoms with Gasteiger partial charge in [-0.25, -0.2) is 0 Å². The number of methoxy groups -OCH3 is 4. The van der Waals surface area contributed by atoms with Gasteiger partial charge in [0.25, 0.3) is 0 Å². The minimum Gasteiger partial charge on any atom is -0.551 e. The molecule has 0 atom stereocenters. The molecule has 4 aromatic carbocycles. The minimum atomic E-state index is 0. The van der Waals surface area contributed by atoms with Crippen molar-refractivity contribution in [3.63, 3.8) is 0 Å². The van der Waals surface area contributed by atoms with Crippen LogP contribution < -0.4 is 18.9 Å². The summed E-state index contributed by atoms with van der Waals surface area (Å²) in [5, 5.41) is 14.0. The fourth-order valence-corrected chi connectivity index (χ4v) is 4.72. The standard InChI is InChI=1S/2C15H13O2.2CH4O.Ti/c2*1-16-14-8-11-7-10-5-3-4-6-12(10)13(11)9-15(14)17-2;2*1-2;/h2*3-6,9H,7H2,1-2H3;2*2H,1H3;/q2*-1;;;+2. The summed E-state index contributed by atoms with van der Waals surface area (Å²) in [5.74, 6) is 2.84. The van der Waals surface area contributed by atoms with E-state index >= 15 is 0 Å². The van der Waals surface area contributed by atoms with Crippen molar-refractivity contribution < 1.29 is 50.9 Å². The third-order valence-corrected chi connectivity index (χ3v) is 6.38. The summed E-state index contributed by atoms with van der Waals surface area (Å²) in [6.07, 6.45) is 1.84. The molecule has 39 heavy (non-hydrogen) atoms. The molecule has 0 fully saturated rings. The van der Waals surface area contributed by atoms with E-state index in [0.717, 1.165) is 38.6 Å². The van der Waals surface area contributed by atoms with Gasteiger partial charge in [-0.15, -0.1) is 46.5 Å². The number of aliphatic hydroxyl groups is 2. The van der Waals surface area contributed by atoms with E-state index in [1.54, 1.807) is 28.4 Å². The molecule has 2 N–H and O–H groups in total. The average molecular weight is 562 g/mol. The quantitative estimate of drug-likeness (QED) is 0.223. The summed E-state index contributed by atoms with van der Waals surface area (Å²) in [4.78, 5) is 0.